The van der Waals surface area contributed by atoms with E-state index < -0.39 is 0 Å². The largest absolute Gasteiger partial charge is 0.300 e. The Bertz CT molecular complexity index is 365. The first-order valence-corrected chi connectivity index (χ1v) is 7.39. The van der Waals surface area contributed by atoms with Crippen LogP contribution in [0.5, 0.6) is 0 Å². The minimum absolute atomic E-state index is 0.000648. The van der Waals surface area contributed by atoms with Crippen molar-refractivity contribution in [3.8, 4) is 0 Å². The van der Waals surface area contributed by atoms with Gasteiger partial charge in [-0.2, -0.15) is 0 Å². The second-order valence-corrected chi connectivity index (χ2v) is 7.01. The van der Waals surface area contributed by atoms with E-state index in [0.717, 1.165) is 31.3 Å². The van der Waals surface area contributed by atoms with Gasteiger partial charge in [0.1, 0.15) is 11.6 Å². The minimum Gasteiger partial charge on any atom is -0.300 e. The maximum Gasteiger partial charge on any atom is 0.137 e. The molecular weight excluding hydrogens is 236 g/mol. The SMILES string of the molecule is C=C(C)CC(=O)CC(C)(C)C1CCCC(C(C)=O)C1. The van der Waals surface area contributed by atoms with Gasteiger partial charge in [0.2, 0.25) is 0 Å². The molecule has 19 heavy (non-hydrogen) atoms. The zero-order chi connectivity index (χ0) is 14.6. The first-order valence-electron chi connectivity index (χ1n) is 7.39. The zero-order valence-corrected chi connectivity index (χ0v) is 12.9. The summed E-state index contributed by atoms with van der Waals surface area (Å²) < 4.78 is 0. The summed E-state index contributed by atoms with van der Waals surface area (Å²) in [5.41, 5.74) is 0.937. The van der Waals surface area contributed by atoms with E-state index in [2.05, 4.69) is 20.4 Å². The lowest BCUT2D eigenvalue weighted by atomic mass is 9.65. The van der Waals surface area contributed by atoms with E-state index in [0.29, 0.717) is 24.5 Å². The van der Waals surface area contributed by atoms with Gasteiger partial charge in [-0.25, -0.2) is 0 Å². The monoisotopic (exact) mass is 264 g/mol. The van der Waals surface area contributed by atoms with Gasteiger partial charge >= 0.3 is 0 Å². The van der Waals surface area contributed by atoms with Gasteiger partial charge in [-0.1, -0.05) is 32.4 Å². The molecule has 0 bridgehead atoms. The van der Waals surface area contributed by atoms with Gasteiger partial charge in [0.25, 0.3) is 0 Å². The van der Waals surface area contributed by atoms with Gasteiger partial charge in [0.05, 0.1) is 0 Å². The summed E-state index contributed by atoms with van der Waals surface area (Å²) >= 11 is 0. The molecule has 0 amide bonds. The molecular formula is C17H28O2. The van der Waals surface area contributed by atoms with Crippen LogP contribution in [0.1, 0.15) is 66.2 Å². The van der Waals surface area contributed by atoms with Crippen molar-refractivity contribution in [3.63, 3.8) is 0 Å². The predicted molar refractivity (Wildman–Crippen MR) is 79.0 cm³/mol. The summed E-state index contributed by atoms with van der Waals surface area (Å²) in [4.78, 5) is 23.6. The molecule has 2 nitrogen and oxygen atoms in total. The Kier molecular flexibility index (Phi) is 5.51. The first kappa shape index (κ1) is 16.1. The fourth-order valence-corrected chi connectivity index (χ4v) is 3.32. The van der Waals surface area contributed by atoms with Crippen LogP contribution in [0.4, 0.5) is 0 Å². The number of carbonyl (C=O) groups excluding carboxylic acids is 2. The van der Waals surface area contributed by atoms with Crippen LogP contribution in [0.15, 0.2) is 12.2 Å². The quantitative estimate of drug-likeness (QED) is 0.669. The van der Waals surface area contributed by atoms with Crippen LogP contribution in [-0.2, 0) is 9.59 Å². The number of ketones is 2. The number of hydrogen-bond acceptors (Lipinski definition) is 2. The second kappa shape index (κ2) is 6.49. The van der Waals surface area contributed by atoms with Crippen molar-refractivity contribution in [1.29, 1.82) is 0 Å². The maximum atomic E-state index is 12.0. The molecule has 2 heteroatoms. The number of rotatable bonds is 6. The first-order chi connectivity index (χ1) is 8.72. The van der Waals surface area contributed by atoms with Gasteiger partial charge in [-0.3, -0.25) is 9.59 Å². The molecule has 2 unspecified atom stereocenters. The van der Waals surface area contributed by atoms with Gasteiger partial charge in [0.15, 0.2) is 0 Å². The summed E-state index contributed by atoms with van der Waals surface area (Å²) in [6.07, 6.45) is 5.36. The van der Waals surface area contributed by atoms with E-state index in [-0.39, 0.29) is 17.1 Å². The average molecular weight is 264 g/mol. The maximum absolute atomic E-state index is 12.0. The van der Waals surface area contributed by atoms with Crippen LogP contribution in [0.25, 0.3) is 0 Å². The Hall–Kier alpha value is -0.920. The van der Waals surface area contributed by atoms with Crippen LogP contribution < -0.4 is 0 Å². The molecule has 1 aliphatic rings. The Morgan fingerprint density at radius 1 is 1.21 bits per heavy atom. The van der Waals surface area contributed by atoms with Crippen molar-refractivity contribution in [2.45, 2.75) is 66.2 Å². The van der Waals surface area contributed by atoms with Crippen molar-refractivity contribution < 1.29 is 9.59 Å². The van der Waals surface area contributed by atoms with E-state index in [1.165, 1.54) is 0 Å². The van der Waals surface area contributed by atoms with E-state index >= 15 is 0 Å². The summed E-state index contributed by atoms with van der Waals surface area (Å²) in [5, 5.41) is 0. The average Bonchev–Trinajstić information content (AvgIpc) is 2.27. The van der Waals surface area contributed by atoms with Crippen LogP contribution in [0.2, 0.25) is 0 Å². The Balaban J connectivity index is 2.63. The minimum atomic E-state index is 0.000648. The molecule has 1 saturated carbocycles. The van der Waals surface area contributed by atoms with Crippen LogP contribution in [0, 0.1) is 17.3 Å². The van der Waals surface area contributed by atoms with Crippen molar-refractivity contribution >= 4 is 11.6 Å². The van der Waals surface area contributed by atoms with E-state index in [4.69, 9.17) is 0 Å². The summed E-state index contributed by atoms with van der Waals surface area (Å²) in [6.45, 7) is 11.8. The van der Waals surface area contributed by atoms with Gasteiger partial charge in [-0.15, -0.1) is 0 Å². The lowest BCUT2D eigenvalue weighted by Gasteiger charge is -2.39. The molecule has 0 saturated heterocycles. The Labute approximate surface area is 117 Å². The second-order valence-electron chi connectivity index (χ2n) is 7.01. The van der Waals surface area contributed by atoms with E-state index in [9.17, 15) is 9.59 Å². The molecule has 0 aromatic rings. The van der Waals surface area contributed by atoms with Crippen LogP contribution >= 0.6 is 0 Å². The molecule has 0 radical (unpaired) electrons. The summed E-state index contributed by atoms with van der Waals surface area (Å²) in [5.74, 6) is 1.30. The zero-order valence-electron chi connectivity index (χ0n) is 12.9. The molecule has 1 aliphatic carbocycles. The lowest BCUT2D eigenvalue weighted by Crippen LogP contribution is -2.33. The topological polar surface area (TPSA) is 34.1 Å². The predicted octanol–water partition coefficient (Wildman–Crippen LogP) is 4.33. The number of hydrogen-bond donors (Lipinski definition) is 0. The standard InChI is InChI=1S/C17H28O2/c1-12(2)9-16(19)11-17(4,5)15-8-6-7-14(10-15)13(3)18/h14-15H,1,6-11H2,2-5H3. The summed E-state index contributed by atoms with van der Waals surface area (Å²) in [6, 6.07) is 0. The number of allylic oxidation sites excluding steroid dienone is 1. The third kappa shape index (κ3) is 4.93. The van der Waals surface area contributed by atoms with Crippen LogP contribution in [-0.4, -0.2) is 11.6 Å². The third-order valence-electron chi connectivity index (χ3n) is 4.51. The highest BCUT2D eigenvalue weighted by molar-refractivity contribution is 5.81. The fraction of sp³-hybridized carbons (Fsp3) is 0.765. The van der Waals surface area contributed by atoms with Crippen molar-refractivity contribution in [2.24, 2.45) is 17.3 Å². The molecule has 108 valence electrons. The number of Topliss-reactive ketones (excluding diaryl/α,β-unsaturated/α-hetero) is 2. The van der Waals surface area contributed by atoms with Crippen LogP contribution in [0.3, 0.4) is 0 Å². The Morgan fingerprint density at radius 3 is 2.37 bits per heavy atom. The molecule has 0 aromatic carbocycles. The molecule has 1 rings (SSSR count). The highest BCUT2D eigenvalue weighted by Gasteiger charge is 2.36. The highest BCUT2D eigenvalue weighted by atomic mass is 16.1. The lowest BCUT2D eigenvalue weighted by molar-refractivity contribution is -0.123. The third-order valence-corrected chi connectivity index (χ3v) is 4.51. The van der Waals surface area contributed by atoms with Gasteiger partial charge in [0, 0.05) is 18.8 Å². The Morgan fingerprint density at radius 2 is 1.84 bits per heavy atom. The molecule has 0 spiro atoms. The molecule has 1 fully saturated rings. The number of carbonyl (C=O) groups is 2. The molecule has 0 heterocycles. The fourth-order valence-electron chi connectivity index (χ4n) is 3.32. The van der Waals surface area contributed by atoms with E-state index in [1.54, 1.807) is 6.92 Å². The van der Waals surface area contributed by atoms with Crippen molar-refractivity contribution in [3.05, 3.63) is 12.2 Å². The summed E-state index contributed by atoms with van der Waals surface area (Å²) in [7, 11) is 0. The molecule has 0 aromatic heterocycles. The normalized spacial score (nSPS) is 24.0. The van der Waals surface area contributed by atoms with Crippen molar-refractivity contribution in [2.75, 3.05) is 0 Å². The molecule has 0 N–H and O–H groups in total. The molecule has 0 aliphatic heterocycles. The molecule has 2 atom stereocenters. The van der Waals surface area contributed by atoms with E-state index in [1.807, 2.05) is 6.92 Å². The highest BCUT2D eigenvalue weighted by Crippen LogP contribution is 2.43. The van der Waals surface area contributed by atoms with Crippen molar-refractivity contribution in [1.82, 2.24) is 0 Å². The van der Waals surface area contributed by atoms with Gasteiger partial charge < -0.3 is 0 Å². The van der Waals surface area contributed by atoms with Gasteiger partial charge in [-0.05, 0) is 44.4 Å². The smallest absolute Gasteiger partial charge is 0.137 e.